The minimum Gasteiger partial charge on any atom is -0.325 e. The zero-order chi connectivity index (χ0) is 21.7. The third-order valence-corrected chi connectivity index (χ3v) is 4.91. The van der Waals surface area contributed by atoms with Gasteiger partial charge in [0.15, 0.2) is 0 Å². The maximum absolute atomic E-state index is 12.7. The number of rotatable bonds is 3. The number of carbonyl (C=O) groups excluding carboxylic acids is 2. The van der Waals surface area contributed by atoms with Crippen LogP contribution in [0.2, 0.25) is 0 Å². The predicted molar refractivity (Wildman–Crippen MR) is 107 cm³/mol. The smallest absolute Gasteiger partial charge is 0.325 e. The molecule has 6 nitrogen and oxygen atoms in total. The zero-order valence-corrected chi connectivity index (χ0v) is 16.6. The van der Waals surface area contributed by atoms with Crippen molar-refractivity contribution in [3.63, 3.8) is 0 Å². The van der Waals surface area contributed by atoms with E-state index in [4.69, 9.17) is 0 Å². The van der Waals surface area contributed by atoms with Gasteiger partial charge in [0, 0.05) is 24.5 Å². The molecular formula is C21H23F3N4O2. The summed E-state index contributed by atoms with van der Waals surface area (Å²) in [6, 6.07) is 8.28. The van der Waals surface area contributed by atoms with Crippen LogP contribution < -0.4 is 10.6 Å². The van der Waals surface area contributed by atoms with Crippen molar-refractivity contribution in [3.8, 4) is 0 Å². The number of hydrogen-bond acceptors (Lipinski definition) is 3. The van der Waals surface area contributed by atoms with Crippen LogP contribution in [0.4, 0.5) is 29.3 Å². The second-order valence-electron chi connectivity index (χ2n) is 7.19. The van der Waals surface area contributed by atoms with Crippen LogP contribution in [0, 0.1) is 6.92 Å². The number of pyridine rings is 1. The summed E-state index contributed by atoms with van der Waals surface area (Å²) in [7, 11) is 0. The molecule has 0 saturated carbocycles. The second-order valence-corrected chi connectivity index (χ2v) is 7.19. The van der Waals surface area contributed by atoms with Gasteiger partial charge in [-0.15, -0.1) is 0 Å². The number of benzene rings is 1. The molecule has 2 aromatic rings. The number of hydrogen-bond donors (Lipinski definition) is 2. The number of anilines is 2. The number of likely N-dealkylation sites (tertiary alicyclic amines) is 1. The van der Waals surface area contributed by atoms with E-state index in [0.29, 0.717) is 11.4 Å². The van der Waals surface area contributed by atoms with Crippen molar-refractivity contribution < 1.29 is 22.8 Å². The Kier molecular flexibility index (Phi) is 6.59. The number of nitrogens with zero attached hydrogens (tertiary/aromatic N) is 2. The van der Waals surface area contributed by atoms with E-state index < -0.39 is 17.8 Å². The van der Waals surface area contributed by atoms with Crippen LogP contribution in [0.1, 0.15) is 47.4 Å². The molecule has 0 bridgehead atoms. The molecule has 0 atom stereocenters. The largest absolute Gasteiger partial charge is 0.433 e. The molecule has 160 valence electrons. The van der Waals surface area contributed by atoms with Crippen molar-refractivity contribution in [2.24, 2.45) is 0 Å². The highest BCUT2D eigenvalue weighted by Gasteiger charge is 2.33. The molecule has 1 aliphatic heterocycles. The van der Waals surface area contributed by atoms with E-state index in [9.17, 15) is 22.8 Å². The molecule has 2 N–H and O–H groups in total. The van der Waals surface area contributed by atoms with Gasteiger partial charge in [0.05, 0.1) is 11.3 Å². The molecule has 0 unspecified atom stereocenters. The average Bonchev–Trinajstić information content (AvgIpc) is 2.98. The topological polar surface area (TPSA) is 74.3 Å². The van der Waals surface area contributed by atoms with E-state index in [-0.39, 0.29) is 17.3 Å². The molecule has 0 radical (unpaired) electrons. The lowest BCUT2D eigenvalue weighted by Crippen LogP contribution is -2.35. The molecule has 3 rings (SSSR count). The van der Waals surface area contributed by atoms with Gasteiger partial charge in [-0.05, 0) is 56.2 Å². The van der Waals surface area contributed by atoms with Crippen LogP contribution in [-0.2, 0) is 6.18 Å². The summed E-state index contributed by atoms with van der Waals surface area (Å²) < 4.78 is 38.2. The van der Waals surface area contributed by atoms with Gasteiger partial charge in [0.25, 0.3) is 5.91 Å². The summed E-state index contributed by atoms with van der Waals surface area (Å²) in [5.41, 5.74) is 0.0490. The number of urea groups is 1. The summed E-state index contributed by atoms with van der Waals surface area (Å²) in [5.74, 6) is -0.560. The first-order valence-corrected chi connectivity index (χ1v) is 9.76. The Labute approximate surface area is 172 Å². The summed E-state index contributed by atoms with van der Waals surface area (Å²) >= 11 is 0. The van der Waals surface area contributed by atoms with Gasteiger partial charge in [-0.3, -0.25) is 4.79 Å². The third kappa shape index (κ3) is 5.49. The van der Waals surface area contributed by atoms with Crippen LogP contribution in [0.5, 0.6) is 0 Å². The Morgan fingerprint density at radius 3 is 2.00 bits per heavy atom. The molecule has 2 heterocycles. The van der Waals surface area contributed by atoms with Crippen LogP contribution in [0.15, 0.2) is 36.4 Å². The molecule has 9 heteroatoms. The third-order valence-electron chi connectivity index (χ3n) is 4.91. The Morgan fingerprint density at radius 1 is 0.900 bits per heavy atom. The summed E-state index contributed by atoms with van der Waals surface area (Å²) in [6.45, 7) is 2.83. The molecule has 30 heavy (non-hydrogen) atoms. The molecule has 1 aliphatic rings. The molecule has 0 spiro atoms. The fraction of sp³-hybridized carbons (Fsp3) is 0.381. The van der Waals surface area contributed by atoms with E-state index in [1.54, 1.807) is 29.2 Å². The molecular weight excluding hydrogens is 397 g/mol. The van der Waals surface area contributed by atoms with Gasteiger partial charge in [0.1, 0.15) is 5.69 Å². The highest BCUT2D eigenvalue weighted by atomic mass is 19.4. The van der Waals surface area contributed by atoms with Crippen LogP contribution in [-0.4, -0.2) is 34.9 Å². The summed E-state index contributed by atoms with van der Waals surface area (Å²) in [4.78, 5) is 30.0. The molecule has 3 amide bonds. The summed E-state index contributed by atoms with van der Waals surface area (Å²) in [5, 5.41) is 5.46. The van der Waals surface area contributed by atoms with Gasteiger partial charge in [-0.1, -0.05) is 12.8 Å². The minimum absolute atomic E-state index is 0.0105. The van der Waals surface area contributed by atoms with Gasteiger partial charge in [-0.25, -0.2) is 9.78 Å². The summed E-state index contributed by atoms with van der Waals surface area (Å²) in [6.07, 6.45) is -0.307. The first-order valence-electron chi connectivity index (χ1n) is 9.76. The van der Waals surface area contributed by atoms with Gasteiger partial charge >= 0.3 is 12.2 Å². The predicted octanol–water partition coefficient (Wildman–Crippen LogP) is 5.07. The standard InChI is InChI=1S/C21H23F3N4O2/c1-14-17(10-11-18(25-14)21(22,23)24)19(29)26-15-6-8-16(9-7-15)27-20(30)28-12-4-2-3-5-13-28/h6-11H,2-5,12-13H2,1H3,(H,26,29)(H,27,30). The SMILES string of the molecule is Cc1nc(C(F)(F)F)ccc1C(=O)Nc1ccc(NC(=O)N2CCCCCC2)cc1. The minimum atomic E-state index is -4.56. The molecule has 1 aromatic carbocycles. The van der Waals surface area contributed by atoms with E-state index in [0.717, 1.165) is 50.9 Å². The Bertz CT molecular complexity index is 905. The Hall–Kier alpha value is -3.10. The van der Waals surface area contributed by atoms with Crippen molar-refractivity contribution in [1.82, 2.24) is 9.88 Å². The lowest BCUT2D eigenvalue weighted by molar-refractivity contribution is -0.141. The Morgan fingerprint density at radius 2 is 1.47 bits per heavy atom. The first kappa shape index (κ1) is 21.6. The number of halogens is 3. The van der Waals surface area contributed by atoms with Gasteiger partial charge in [-0.2, -0.15) is 13.2 Å². The van der Waals surface area contributed by atoms with Crippen LogP contribution in [0.25, 0.3) is 0 Å². The fourth-order valence-corrected chi connectivity index (χ4v) is 3.27. The van der Waals surface area contributed by atoms with Crippen LogP contribution >= 0.6 is 0 Å². The highest BCUT2D eigenvalue weighted by Crippen LogP contribution is 2.28. The first-order chi connectivity index (χ1) is 14.2. The fourth-order valence-electron chi connectivity index (χ4n) is 3.27. The van der Waals surface area contributed by atoms with E-state index >= 15 is 0 Å². The number of alkyl halides is 3. The zero-order valence-electron chi connectivity index (χ0n) is 16.6. The monoisotopic (exact) mass is 420 g/mol. The van der Waals surface area contributed by atoms with E-state index in [1.807, 2.05) is 0 Å². The number of carbonyl (C=O) groups is 2. The second kappa shape index (κ2) is 9.15. The van der Waals surface area contributed by atoms with Crippen LogP contribution in [0.3, 0.4) is 0 Å². The molecule has 1 fully saturated rings. The number of aromatic nitrogens is 1. The average molecular weight is 420 g/mol. The maximum atomic E-state index is 12.7. The van der Waals surface area contributed by atoms with E-state index in [2.05, 4.69) is 15.6 Å². The lowest BCUT2D eigenvalue weighted by Gasteiger charge is -2.20. The van der Waals surface area contributed by atoms with Crippen molar-refractivity contribution in [2.45, 2.75) is 38.8 Å². The molecule has 1 saturated heterocycles. The van der Waals surface area contributed by atoms with Crippen molar-refractivity contribution in [1.29, 1.82) is 0 Å². The van der Waals surface area contributed by atoms with Gasteiger partial charge < -0.3 is 15.5 Å². The highest BCUT2D eigenvalue weighted by molar-refractivity contribution is 6.05. The van der Waals surface area contributed by atoms with Gasteiger partial charge in [0.2, 0.25) is 0 Å². The normalized spacial score (nSPS) is 14.7. The maximum Gasteiger partial charge on any atom is 0.433 e. The van der Waals surface area contributed by atoms with Crippen molar-refractivity contribution in [2.75, 3.05) is 23.7 Å². The number of nitrogens with one attached hydrogen (secondary N) is 2. The number of aryl methyl sites for hydroxylation is 1. The molecule has 0 aliphatic carbocycles. The Balaban J connectivity index is 1.61. The van der Waals surface area contributed by atoms with E-state index in [1.165, 1.54) is 6.92 Å². The van der Waals surface area contributed by atoms with Crippen molar-refractivity contribution >= 4 is 23.3 Å². The molecule has 1 aromatic heterocycles. The van der Waals surface area contributed by atoms with Crippen molar-refractivity contribution in [3.05, 3.63) is 53.3 Å². The number of amides is 3. The lowest BCUT2D eigenvalue weighted by atomic mass is 10.1. The quantitative estimate of drug-likeness (QED) is 0.728.